The van der Waals surface area contributed by atoms with Crippen molar-refractivity contribution in [1.29, 1.82) is 0 Å². The van der Waals surface area contributed by atoms with Crippen molar-refractivity contribution in [3.63, 3.8) is 0 Å². The molecule has 3 heterocycles. The van der Waals surface area contributed by atoms with Crippen molar-refractivity contribution in [2.24, 2.45) is 16.7 Å². The molecule has 0 bridgehead atoms. The van der Waals surface area contributed by atoms with E-state index in [0.717, 1.165) is 16.8 Å². The molecule has 100 valence electrons. The SMILES string of the molecule is N/N=C(\N)c1nc(Cc2cncnc2)c2ccccn12. The first-order valence-electron chi connectivity index (χ1n) is 6.03. The monoisotopic (exact) mass is 267 g/mol. The summed E-state index contributed by atoms with van der Waals surface area (Å²) in [5.41, 5.74) is 8.60. The predicted octanol–water partition coefficient (Wildman–Crippen LogP) is 0.294. The number of hydrogen-bond acceptors (Lipinski definition) is 5. The number of hydrogen-bond donors (Lipinski definition) is 2. The van der Waals surface area contributed by atoms with E-state index in [4.69, 9.17) is 11.6 Å². The molecule has 20 heavy (non-hydrogen) atoms. The van der Waals surface area contributed by atoms with Crippen LogP contribution in [0.5, 0.6) is 0 Å². The van der Waals surface area contributed by atoms with Gasteiger partial charge in [0.25, 0.3) is 0 Å². The maximum atomic E-state index is 5.78. The number of hydrazone groups is 1. The van der Waals surface area contributed by atoms with E-state index in [1.807, 2.05) is 28.8 Å². The van der Waals surface area contributed by atoms with Gasteiger partial charge in [0, 0.05) is 25.0 Å². The summed E-state index contributed by atoms with van der Waals surface area (Å²) in [5.74, 6) is 5.98. The van der Waals surface area contributed by atoms with Crippen molar-refractivity contribution < 1.29 is 0 Å². The summed E-state index contributed by atoms with van der Waals surface area (Å²) < 4.78 is 1.87. The van der Waals surface area contributed by atoms with Gasteiger partial charge in [-0.2, -0.15) is 5.10 Å². The molecule has 3 aromatic heterocycles. The summed E-state index contributed by atoms with van der Waals surface area (Å²) in [6.07, 6.45) is 7.52. The normalized spacial score (nSPS) is 11.9. The molecule has 0 spiro atoms. The molecule has 0 aromatic carbocycles. The van der Waals surface area contributed by atoms with Crippen LogP contribution in [0.1, 0.15) is 17.1 Å². The Morgan fingerprint density at radius 3 is 2.80 bits per heavy atom. The molecule has 0 fully saturated rings. The fraction of sp³-hybridized carbons (Fsp3) is 0.0769. The zero-order valence-electron chi connectivity index (χ0n) is 10.6. The topological polar surface area (TPSA) is 107 Å². The van der Waals surface area contributed by atoms with Gasteiger partial charge in [-0.15, -0.1) is 0 Å². The lowest BCUT2D eigenvalue weighted by Crippen LogP contribution is -2.18. The molecule has 0 aliphatic heterocycles. The minimum Gasteiger partial charge on any atom is -0.379 e. The largest absolute Gasteiger partial charge is 0.379 e. The highest BCUT2D eigenvalue weighted by molar-refractivity contribution is 5.95. The summed E-state index contributed by atoms with van der Waals surface area (Å²) in [6, 6.07) is 5.82. The fourth-order valence-electron chi connectivity index (χ4n) is 2.09. The molecule has 3 rings (SSSR count). The van der Waals surface area contributed by atoms with E-state index in [0.29, 0.717) is 12.2 Å². The summed E-state index contributed by atoms with van der Waals surface area (Å²) >= 11 is 0. The van der Waals surface area contributed by atoms with Crippen LogP contribution < -0.4 is 11.6 Å². The van der Waals surface area contributed by atoms with Gasteiger partial charge in [0.05, 0.1) is 11.2 Å². The number of rotatable bonds is 3. The molecule has 0 radical (unpaired) electrons. The van der Waals surface area contributed by atoms with Crippen molar-refractivity contribution in [2.45, 2.75) is 6.42 Å². The average molecular weight is 267 g/mol. The Bertz CT molecular complexity index is 761. The Labute approximate surface area is 115 Å². The van der Waals surface area contributed by atoms with Gasteiger partial charge < -0.3 is 11.6 Å². The van der Waals surface area contributed by atoms with Crippen molar-refractivity contribution in [2.75, 3.05) is 0 Å². The Morgan fingerprint density at radius 2 is 2.05 bits per heavy atom. The molecular formula is C13H13N7. The maximum absolute atomic E-state index is 5.78. The van der Waals surface area contributed by atoms with Gasteiger partial charge >= 0.3 is 0 Å². The summed E-state index contributed by atoms with van der Waals surface area (Å²) in [7, 11) is 0. The van der Waals surface area contributed by atoms with E-state index in [2.05, 4.69) is 20.1 Å². The molecule has 0 atom stereocenters. The van der Waals surface area contributed by atoms with Crippen LogP contribution in [0.15, 0.2) is 48.2 Å². The zero-order valence-corrected chi connectivity index (χ0v) is 10.6. The lowest BCUT2D eigenvalue weighted by Gasteiger charge is -1.98. The van der Waals surface area contributed by atoms with Crippen LogP contribution in [0.3, 0.4) is 0 Å². The summed E-state index contributed by atoms with van der Waals surface area (Å²) in [5, 5.41) is 3.52. The van der Waals surface area contributed by atoms with Crippen LogP contribution in [-0.4, -0.2) is 25.2 Å². The number of nitrogens with zero attached hydrogens (tertiary/aromatic N) is 5. The molecule has 0 saturated carbocycles. The highest BCUT2D eigenvalue weighted by atomic mass is 15.2. The van der Waals surface area contributed by atoms with E-state index in [1.165, 1.54) is 6.33 Å². The molecule has 7 heteroatoms. The fourth-order valence-corrected chi connectivity index (χ4v) is 2.09. The third-order valence-corrected chi connectivity index (χ3v) is 2.98. The second-order valence-corrected chi connectivity index (χ2v) is 4.28. The quantitative estimate of drug-likeness (QED) is 0.307. The van der Waals surface area contributed by atoms with E-state index in [1.54, 1.807) is 12.4 Å². The van der Waals surface area contributed by atoms with Gasteiger partial charge in [0.1, 0.15) is 6.33 Å². The summed E-state index contributed by atoms with van der Waals surface area (Å²) in [6.45, 7) is 0. The third kappa shape index (κ3) is 2.05. The van der Waals surface area contributed by atoms with Gasteiger partial charge in [0.2, 0.25) is 0 Å². The van der Waals surface area contributed by atoms with Crippen LogP contribution in [0.25, 0.3) is 5.52 Å². The molecule has 0 amide bonds. The number of aromatic nitrogens is 4. The van der Waals surface area contributed by atoms with Gasteiger partial charge in [-0.25, -0.2) is 15.0 Å². The van der Waals surface area contributed by atoms with E-state index >= 15 is 0 Å². The van der Waals surface area contributed by atoms with Crippen molar-refractivity contribution in [3.8, 4) is 0 Å². The Balaban J connectivity index is 2.12. The van der Waals surface area contributed by atoms with Gasteiger partial charge in [-0.05, 0) is 17.7 Å². The molecule has 3 aromatic rings. The van der Waals surface area contributed by atoms with Crippen LogP contribution >= 0.6 is 0 Å². The molecule has 4 N–H and O–H groups in total. The molecule has 0 unspecified atom stereocenters. The minimum absolute atomic E-state index is 0.196. The second-order valence-electron chi connectivity index (χ2n) is 4.28. The van der Waals surface area contributed by atoms with Crippen molar-refractivity contribution in [3.05, 3.63) is 60.2 Å². The Hall–Kier alpha value is -2.96. The highest BCUT2D eigenvalue weighted by Gasteiger charge is 2.13. The van der Waals surface area contributed by atoms with Gasteiger partial charge in [0.15, 0.2) is 11.7 Å². The summed E-state index contributed by atoms with van der Waals surface area (Å²) in [4.78, 5) is 12.5. The number of fused-ring (bicyclic) bond motifs is 1. The van der Waals surface area contributed by atoms with E-state index in [9.17, 15) is 0 Å². The van der Waals surface area contributed by atoms with Gasteiger partial charge in [-0.3, -0.25) is 4.40 Å². The molecular weight excluding hydrogens is 254 g/mol. The molecule has 0 saturated heterocycles. The first-order chi connectivity index (χ1) is 9.79. The minimum atomic E-state index is 0.196. The first kappa shape index (κ1) is 12.1. The smallest absolute Gasteiger partial charge is 0.186 e. The van der Waals surface area contributed by atoms with Crippen molar-refractivity contribution in [1.82, 2.24) is 19.4 Å². The number of imidazole rings is 1. The van der Waals surface area contributed by atoms with Crippen LogP contribution in [0.2, 0.25) is 0 Å². The number of nitrogens with two attached hydrogens (primary N) is 2. The maximum Gasteiger partial charge on any atom is 0.186 e. The lowest BCUT2D eigenvalue weighted by atomic mass is 10.2. The average Bonchev–Trinajstić information content (AvgIpc) is 2.87. The number of amidine groups is 1. The lowest BCUT2D eigenvalue weighted by molar-refractivity contribution is 1.04. The Kier molecular flexibility index (Phi) is 3.00. The second kappa shape index (κ2) is 4.96. The molecule has 7 nitrogen and oxygen atoms in total. The predicted molar refractivity (Wildman–Crippen MR) is 74.9 cm³/mol. The van der Waals surface area contributed by atoms with Crippen molar-refractivity contribution >= 4 is 11.4 Å². The van der Waals surface area contributed by atoms with Crippen LogP contribution in [0, 0.1) is 0 Å². The third-order valence-electron chi connectivity index (χ3n) is 2.98. The van der Waals surface area contributed by atoms with E-state index < -0.39 is 0 Å². The Morgan fingerprint density at radius 1 is 1.25 bits per heavy atom. The zero-order chi connectivity index (χ0) is 13.9. The van der Waals surface area contributed by atoms with Crippen LogP contribution in [-0.2, 0) is 6.42 Å². The standard InChI is InChI=1S/C13H13N7/c14-12(19-15)13-18-10(5-9-6-16-8-17-7-9)11-3-1-2-4-20(11)13/h1-4,6-8H,5,15H2,(H2,14,19). The van der Waals surface area contributed by atoms with Crippen LogP contribution in [0.4, 0.5) is 0 Å². The van der Waals surface area contributed by atoms with E-state index in [-0.39, 0.29) is 5.84 Å². The molecule has 0 aliphatic rings. The first-order valence-corrected chi connectivity index (χ1v) is 6.03. The highest BCUT2D eigenvalue weighted by Crippen LogP contribution is 2.16. The molecule has 0 aliphatic carbocycles. The number of pyridine rings is 1. The van der Waals surface area contributed by atoms with Gasteiger partial charge in [-0.1, -0.05) is 6.07 Å².